The highest BCUT2D eigenvalue weighted by molar-refractivity contribution is 5.74. The molecule has 2 aliphatic rings. The Morgan fingerprint density at radius 3 is 2.79 bits per heavy atom. The van der Waals surface area contributed by atoms with Gasteiger partial charge >= 0.3 is 0 Å². The Morgan fingerprint density at radius 2 is 2.12 bits per heavy atom. The van der Waals surface area contributed by atoms with Crippen LogP contribution in [0.25, 0.3) is 11.3 Å². The Hall–Kier alpha value is -3.93. The molecule has 0 bridgehead atoms. The average molecular weight is 444 g/mol. The molecular weight excluding hydrogens is 418 g/mol. The third kappa shape index (κ3) is 4.51. The van der Waals surface area contributed by atoms with E-state index in [4.69, 9.17) is 14.4 Å². The lowest BCUT2D eigenvalue weighted by Crippen LogP contribution is -2.37. The van der Waals surface area contributed by atoms with Gasteiger partial charge in [-0.3, -0.25) is 4.79 Å². The maximum Gasteiger partial charge on any atom is 0.229 e. The lowest BCUT2D eigenvalue weighted by atomic mass is 10.1. The smallest absolute Gasteiger partial charge is 0.229 e. The SMILES string of the molecule is CC(=O)N1CCc2nc(Nc3ccc(-c4cnco4)cc3)nc(N(CCC#N)C3CC3)c2C1. The largest absolute Gasteiger partial charge is 0.444 e. The average Bonchev–Trinajstić information content (AvgIpc) is 3.51. The van der Waals surface area contributed by atoms with E-state index >= 15 is 0 Å². The molecule has 3 aromatic rings. The van der Waals surface area contributed by atoms with Gasteiger partial charge in [-0.15, -0.1) is 0 Å². The van der Waals surface area contributed by atoms with Crippen LogP contribution < -0.4 is 10.2 Å². The summed E-state index contributed by atoms with van der Waals surface area (Å²) in [7, 11) is 0. The first-order valence-electron chi connectivity index (χ1n) is 11.2. The summed E-state index contributed by atoms with van der Waals surface area (Å²) in [5.41, 5.74) is 3.75. The first kappa shape index (κ1) is 20.9. The van der Waals surface area contributed by atoms with Gasteiger partial charge in [-0.2, -0.15) is 10.2 Å². The molecule has 0 unspecified atom stereocenters. The first-order chi connectivity index (χ1) is 16.1. The molecule has 33 heavy (non-hydrogen) atoms. The third-order valence-corrected chi connectivity index (χ3v) is 6.07. The summed E-state index contributed by atoms with van der Waals surface area (Å²) in [6.07, 6.45) is 6.38. The number of hydrogen-bond acceptors (Lipinski definition) is 8. The molecule has 2 aromatic heterocycles. The van der Waals surface area contributed by atoms with Crippen molar-refractivity contribution >= 4 is 23.4 Å². The monoisotopic (exact) mass is 443 g/mol. The number of oxazole rings is 1. The Bertz CT molecular complexity index is 1180. The zero-order valence-electron chi connectivity index (χ0n) is 18.5. The molecule has 0 atom stereocenters. The topological polar surface area (TPSA) is 111 Å². The Balaban J connectivity index is 1.47. The second kappa shape index (κ2) is 8.90. The van der Waals surface area contributed by atoms with Crippen LogP contribution in [0.1, 0.15) is 37.4 Å². The molecular formula is C24H25N7O2. The maximum absolute atomic E-state index is 12.0. The number of hydrogen-bond donors (Lipinski definition) is 1. The van der Waals surface area contributed by atoms with Crippen LogP contribution in [0.5, 0.6) is 0 Å². The summed E-state index contributed by atoms with van der Waals surface area (Å²) < 4.78 is 5.36. The van der Waals surface area contributed by atoms with E-state index in [1.54, 1.807) is 13.1 Å². The van der Waals surface area contributed by atoms with Gasteiger partial charge < -0.3 is 19.5 Å². The molecule has 9 nitrogen and oxygen atoms in total. The van der Waals surface area contributed by atoms with Crippen LogP contribution in [0.15, 0.2) is 41.3 Å². The molecule has 1 aromatic carbocycles. The summed E-state index contributed by atoms with van der Waals surface area (Å²) in [4.78, 5) is 29.7. The number of rotatable bonds is 7. The number of anilines is 3. The molecule has 0 spiro atoms. The van der Waals surface area contributed by atoms with Gasteiger partial charge in [-0.05, 0) is 37.1 Å². The number of nitrogens with one attached hydrogen (secondary N) is 1. The van der Waals surface area contributed by atoms with Crippen LogP contribution >= 0.6 is 0 Å². The minimum absolute atomic E-state index is 0.0515. The molecule has 0 saturated heterocycles. The lowest BCUT2D eigenvalue weighted by molar-refractivity contribution is -0.129. The second-order valence-electron chi connectivity index (χ2n) is 8.39. The number of fused-ring (bicyclic) bond motifs is 1. The first-order valence-corrected chi connectivity index (χ1v) is 11.2. The van der Waals surface area contributed by atoms with E-state index in [-0.39, 0.29) is 5.91 Å². The Morgan fingerprint density at radius 1 is 1.30 bits per heavy atom. The molecule has 1 fully saturated rings. The van der Waals surface area contributed by atoms with Crippen molar-refractivity contribution in [2.45, 2.75) is 45.2 Å². The number of amides is 1. The lowest BCUT2D eigenvalue weighted by Gasteiger charge is -2.32. The summed E-state index contributed by atoms with van der Waals surface area (Å²) in [6, 6.07) is 10.5. The summed E-state index contributed by atoms with van der Waals surface area (Å²) >= 11 is 0. The van der Waals surface area contributed by atoms with Crippen LogP contribution in [0.2, 0.25) is 0 Å². The molecule has 1 aliphatic heterocycles. The van der Waals surface area contributed by atoms with Crippen LogP contribution in [-0.4, -0.2) is 44.9 Å². The fraction of sp³-hybridized carbons (Fsp3) is 0.375. The molecule has 0 radical (unpaired) electrons. The molecule has 1 N–H and O–H groups in total. The Kier molecular flexibility index (Phi) is 5.65. The zero-order chi connectivity index (χ0) is 22.8. The van der Waals surface area contributed by atoms with Gasteiger partial charge in [0.05, 0.1) is 30.9 Å². The van der Waals surface area contributed by atoms with Gasteiger partial charge in [-0.25, -0.2) is 9.97 Å². The highest BCUT2D eigenvalue weighted by atomic mass is 16.3. The van der Waals surface area contributed by atoms with Crippen molar-refractivity contribution in [3.8, 4) is 17.4 Å². The molecule has 1 saturated carbocycles. The van der Waals surface area contributed by atoms with Crippen LogP contribution in [-0.2, 0) is 17.8 Å². The number of carbonyl (C=O) groups excluding carboxylic acids is 1. The third-order valence-electron chi connectivity index (χ3n) is 6.07. The molecule has 1 aliphatic carbocycles. The van der Waals surface area contributed by atoms with E-state index in [0.29, 0.717) is 50.2 Å². The second-order valence-corrected chi connectivity index (χ2v) is 8.39. The van der Waals surface area contributed by atoms with Crippen LogP contribution in [0.4, 0.5) is 17.5 Å². The van der Waals surface area contributed by atoms with Crippen LogP contribution in [0.3, 0.4) is 0 Å². The van der Waals surface area contributed by atoms with Crippen molar-refractivity contribution < 1.29 is 9.21 Å². The van der Waals surface area contributed by atoms with Gasteiger partial charge in [0.2, 0.25) is 11.9 Å². The fourth-order valence-electron chi connectivity index (χ4n) is 4.18. The van der Waals surface area contributed by atoms with Crippen molar-refractivity contribution in [1.29, 1.82) is 5.26 Å². The zero-order valence-corrected chi connectivity index (χ0v) is 18.5. The highest BCUT2D eigenvalue weighted by Crippen LogP contribution is 2.36. The van der Waals surface area contributed by atoms with Crippen molar-refractivity contribution in [2.75, 3.05) is 23.3 Å². The van der Waals surface area contributed by atoms with Gasteiger partial charge in [-0.1, -0.05) is 0 Å². The number of carbonyl (C=O) groups is 1. The van der Waals surface area contributed by atoms with E-state index in [2.05, 4.69) is 21.3 Å². The van der Waals surface area contributed by atoms with Gasteiger partial charge in [0.25, 0.3) is 0 Å². The van der Waals surface area contributed by atoms with Gasteiger partial charge in [0.1, 0.15) is 5.82 Å². The van der Waals surface area contributed by atoms with Crippen LogP contribution in [0, 0.1) is 11.3 Å². The number of nitrogens with zero attached hydrogens (tertiary/aromatic N) is 6. The molecule has 5 rings (SSSR count). The fourth-order valence-corrected chi connectivity index (χ4v) is 4.18. The number of benzene rings is 1. The molecule has 9 heteroatoms. The number of aromatic nitrogens is 3. The van der Waals surface area contributed by atoms with E-state index in [9.17, 15) is 10.1 Å². The predicted molar refractivity (Wildman–Crippen MR) is 123 cm³/mol. The van der Waals surface area contributed by atoms with Crippen molar-refractivity contribution in [2.24, 2.45) is 0 Å². The Labute approximate surface area is 192 Å². The summed E-state index contributed by atoms with van der Waals surface area (Å²) in [6.45, 7) is 3.36. The standard InChI is InChI=1S/C24H25N7O2/c1-16(32)30-12-9-21-20(14-30)23(31(11-2-10-25)19-7-8-19)29-24(28-21)27-18-5-3-17(4-6-18)22-13-26-15-33-22/h3-6,13,15,19H,2,7-9,11-12,14H2,1H3,(H,27,28,29). The van der Waals surface area contributed by atoms with Crippen molar-refractivity contribution in [3.63, 3.8) is 0 Å². The summed E-state index contributed by atoms with van der Waals surface area (Å²) in [5, 5.41) is 12.5. The maximum atomic E-state index is 12.0. The molecule has 1 amide bonds. The minimum atomic E-state index is 0.0515. The summed E-state index contributed by atoms with van der Waals surface area (Å²) in [5.74, 6) is 2.12. The molecule has 168 valence electrons. The normalized spacial score (nSPS) is 15.0. The van der Waals surface area contributed by atoms with E-state index in [0.717, 1.165) is 41.2 Å². The van der Waals surface area contributed by atoms with Crippen molar-refractivity contribution in [1.82, 2.24) is 19.9 Å². The minimum Gasteiger partial charge on any atom is -0.444 e. The van der Waals surface area contributed by atoms with Crippen molar-refractivity contribution in [3.05, 3.63) is 48.1 Å². The highest BCUT2D eigenvalue weighted by Gasteiger charge is 2.34. The predicted octanol–water partition coefficient (Wildman–Crippen LogP) is 3.66. The number of nitriles is 1. The quantitative estimate of drug-likeness (QED) is 0.589. The van der Waals surface area contributed by atoms with Gasteiger partial charge in [0, 0.05) is 49.3 Å². The molecule has 3 heterocycles. The van der Waals surface area contributed by atoms with Gasteiger partial charge in [0.15, 0.2) is 12.2 Å². The van der Waals surface area contributed by atoms with E-state index in [1.807, 2.05) is 29.2 Å². The van der Waals surface area contributed by atoms with E-state index < -0.39 is 0 Å². The van der Waals surface area contributed by atoms with E-state index in [1.165, 1.54) is 6.39 Å².